The third-order valence-electron chi connectivity index (χ3n) is 2.48. The third-order valence-corrected chi connectivity index (χ3v) is 2.48. The first-order valence-electron chi connectivity index (χ1n) is 4.99. The van der Waals surface area contributed by atoms with Crippen LogP contribution in [0.25, 0.3) is 0 Å². The van der Waals surface area contributed by atoms with Gasteiger partial charge < -0.3 is 10.6 Å². The van der Waals surface area contributed by atoms with Crippen molar-refractivity contribution < 1.29 is 9.18 Å². The number of hydrogen-bond acceptors (Lipinski definition) is 2. The number of halogens is 1. The van der Waals surface area contributed by atoms with Crippen LogP contribution in [-0.4, -0.2) is 25.0 Å². The number of benzene rings is 1. The van der Waals surface area contributed by atoms with E-state index >= 15 is 0 Å². The average molecular weight is 208 g/mol. The first kappa shape index (κ1) is 10.1. The molecule has 1 aromatic carbocycles. The van der Waals surface area contributed by atoms with E-state index in [1.807, 2.05) is 6.07 Å². The maximum absolute atomic E-state index is 13.9. The summed E-state index contributed by atoms with van der Waals surface area (Å²) in [6.45, 7) is 1.18. The quantitative estimate of drug-likeness (QED) is 0.754. The third kappa shape index (κ3) is 2.15. The average Bonchev–Trinajstić information content (AvgIpc) is 2.30. The topological polar surface area (TPSA) is 41.1 Å². The van der Waals surface area contributed by atoms with E-state index in [2.05, 4.69) is 10.6 Å². The highest BCUT2D eigenvalue weighted by Gasteiger charge is 2.30. The predicted octanol–water partition coefficient (Wildman–Crippen LogP) is 0.785. The largest absolute Gasteiger partial charge is 0.353 e. The fourth-order valence-corrected chi connectivity index (χ4v) is 1.68. The number of carbonyl (C=O) groups is 1. The Balaban J connectivity index is 2.13. The van der Waals surface area contributed by atoms with Crippen LogP contribution in [0.3, 0.4) is 0 Å². The van der Waals surface area contributed by atoms with Gasteiger partial charge in [-0.05, 0) is 5.56 Å². The van der Waals surface area contributed by atoms with E-state index in [-0.39, 0.29) is 5.91 Å². The van der Waals surface area contributed by atoms with Crippen LogP contribution >= 0.6 is 0 Å². The molecular weight excluding hydrogens is 195 g/mol. The van der Waals surface area contributed by atoms with Crippen molar-refractivity contribution in [3.63, 3.8) is 0 Å². The van der Waals surface area contributed by atoms with Gasteiger partial charge in [-0.15, -0.1) is 0 Å². The SMILES string of the molecule is O=C1NCCNC1C(F)c1ccccc1. The molecule has 2 N–H and O–H groups in total. The van der Waals surface area contributed by atoms with E-state index in [0.717, 1.165) is 0 Å². The smallest absolute Gasteiger partial charge is 0.240 e. The fourth-order valence-electron chi connectivity index (χ4n) is 1.68. The Morgan fingerprint density at radius 2 is 2.00 bits per heavy atom. The minimum absolute atomic E-state index is 0.266. The van der Waals surface area contributed by atoms with Gasteiger partial charge in [0.1, 0.15) is 12.2 Å². The highest BCUT2D eigenvalue weighted by molar-refractivity contribution is 5.83. The summed E-state index contributed by atoms with van der Waals surface area (Å²) >= 11 is 0. The zero-order valence-electron chi connectivity index (χ0n) is 8.24. The Labute approximate surface area is 87.7 Å². The van der Waals surface area contributed by atoms with Crippen molar-refractivity contribution in [2.24, 2.45) is 0 Å². The summed E-state index contributed by atoms with van der Waals surface area (Å²) in [4.78, 5) is 11.4. The molecule has 1 aromatic rings. The van der Waals surface area contributed by atoms with Crippen molar-refractivity contribution in [2.75, 3.05) is 13.1 Å². The molecule has 3 nitrogen and oxygen atoms in total. The monoisotopic (exact) mass is 208 g/mol. The molecule has 0 bridgehead atoms. The summed E-state index contributed by atoms with van der Waals surface area (Å²) in [6, 6.07) is 7.97. The lowest BCUT2D eigenvalue weighted by molar-refractivity contribution is -0.126. The first-order chi connectivity index (χ1) is 7.29. The minimum Gasteiger partial charge on any atom is -0.353 e. The Bertz CT molecular complexity index is 342. The van der Waals surface area contributed by atoms with Crippen molar-refractivity contribution in [2.45, 2.75) is 12.2 Å². The van der Waals surface area contributed by atoms with Gasteiger partial charge in [-0.25, -0.2) is 4.39 Å². The second-order valence-electron chi connectivity index (χ2n) is 3.54. The first-order valence-corrected chi connectivity index (χ1v) is 4.99. The molecule has 1 fully saturated rings. The number of amides is 1. The van der Waals surface area contributed by atoms with Gasteiger partial charge in [-0.2, -0.15) is 0 Å². The summed E-state index contributed by atoms with van der Waals surface area (Å²) in [5.41, 5.74) is 0.534. The number of carbonyl (C=O) groups excluding carboxylic acids is 1. The number of alkyl halides is 1. The van der Waals surface area contributed by atoms with Gasteiger partial charge in [0, 0.05) is 13.1 Å². The van der Waals surface area contributed by atoms with Crippen molar-refractivity contribution >= 4 is 5.91 Å². The van der Waals surface area contributed by atoms with Gasteiger partial charge in [-0.3, -0.25) is 4.79 Å². The zero-order chi connectivity index (χ0) is 10.7. The molecule has 2 unspecified atom stereocenters. The summed E-state index contributed by atoms with van der Waals surface area (Å²) in [6.07, 6.45) is -1.29. The summed E-state index contributed by atoms with van der Waals surface area (Å²) in [5.74, 6) is -0.266. The van der Waals surface area contributed by atoms with Gasteiger partial charge in [0.15, 0.2) is 0 Å². The molecule has 4 heteroatoms. The lowest BCUT2D eigenvalue weighted by atomic mass is 10.0. The van der Waals surface area contributed by atoms with E-state index in [9.17, 15) is 9.18 Å². The van der Waals surface area contributed by atoms with Crippen LogP contribution in [-0.2, 0) is 4.79 Å². The Hall–Kier alpha value is -1.42. The van der Waals surface area contributed by atoms with E-state index < -0.39 is 12.2 Å². The Morgan fingerprint density at radius 1 is 1.27 bits per heavy atom. The maximum Gasteiger partial charge on any atom is 0.240 e. The van der Waals surface area contributed by atoms with Crippen molar-refractivity contribution in [1.29, 1.82) is 0 Å². The molecule has 0 spiro atoms. The Morgan fingerprint density at radius 3 is 2.67 bits per heavy atom. The molecule has 2 atom stereocenters. The highest BCUT2D eigenvalue weighted by Crippen LogP contribution is 2.21. The van der Waals surface area contributed by atoms with Gasteiger partial charge in [-0.1, -0.05) is 30.3 Å². The zero-order valence-corrected chi connectivity index (χ0v) is 8.24. The molecule has 1 aliphatic rings. The molecule has 1 amide bonds. The molecule has 80 valence electrons. The second-order valence-corrected chi connectivity index (χ2v) is 3.54. The molecule has 15 heavy (non-hydrogen) atoms. The van der Waals surface area contributed by atoms with Crippen LogP contribution in [0, 0.1) is 0 Å². The number of rotatable bonds is 2. The van der Waals surface area contributed by atoms with Crippen molar-refractivity contribution in [3.8, 4) is 0 Å². The molecule has 2 rings (SSSR count). The minimum atomic E-state index is -1.29. The van der Waals surface area contributed by atoms with Crippen LogP contribution in [0.1, 0.15) is 11.7 Å². The summed E-state index contributed by atoms with van der Waals surface area (Å²) < 4.78 is 13.9. The van der Waals surface area contributed by atoms with E-state index in [1.54, 1.807) is 24.3 Å². The van der Waals surface area contributed by atoms with Crippen LogP contribution in [0.5, 0.6) is 0 Å². The normalized spacial score (nSPS) is 23.3. The molecule has 1 aliphatic heterocycles. The van der Waals surface area contributed by atoms with Gasteiger partial charge in [0.05, 0.1) is 0 Å². The molecule has 1 saturated heterocycles. The number of nitrogens with one attached hydrogen (secondary N) is 2. The Kier molecular flexibility index (Phi) is 2.97. The van der Waals surface area contributed by atoms with Crippen LogP contribution in [0.4, 0.5) is 4.39 Å². The molecule has 0 aliphatic carbocycles. The van der Waals surface area contributed by atoms with E-state index in [1.165, 1.54) is 0 Å². The molecule has 0 radical (unpaired) electrons. The van der Waals surface area contributed by atoms with Crippen LogP contribution in [0.15, 0.2) is 30.3 Å². The number of hydrogen-bond donors (Lipinski definition) is 2. The number of piperazine rings is 1. The van der Waals surface area contributed by atoms with E-state index in [0.29, 0.717) is 18.7 Å². The van der Waals surface area contributed by atoms with Crippen molar-refractivity contribution in [1.82, 2.24) is 10.6 Å². The molecule has 0 saturated carbocycles. The molecule has 0 aromatic heterocycles. The molecular formula is C11H13FN2O. The standard InChI is InChI=1S/C11H13FN2O/c12-9(8-4-2-1-3-5-8)10-11(15)14-7-6-13-10/h1-5,9-10,13H,6-7H2,(H,14,15). The summed E-state index contributed by atoms with van der Waals surface area (Å²) in [7, 11) is 0. The van der Waals surface area contributed by atoms with Gasteiger partial charge >= 0.3 is 0 Å². The highest BCUT2D eigenvalue weighted by atomic mass is 19.1. The fraction of sp³-hybridized carbons (Fsp3) is 0.364. The van der Waals surface area contributed by atoms with Crippen molar-refractivity contribution in [3.05, 3.63) is 35.9 Å². The predicted molar refractivity (Wildman–Crippen MR) is 55.1 cm³/mol. The second kappa shape index (κ2) is 4.40. The molecule has 1 heterocycles. The lowest BCUT2D eigenvalue weighted by Crippen LogP contribution is -2.54. The van der Waals surface area contributed by atoms with E-state index in [4.69, 9.17) is 0 Å². The lowest BCUT2D eigenvalue weighted by Gasteiger charge is -2.26. The maximum atomic E-state index is 13.9. The summed E-state index contributed by atoms with van der Waals surface area (Å²) in [5, 5.41) is 5.52. The van der Waals surface area contributed by atoms with Gasteiger partial charge in [0.2, 0.25) is 5.91 Å². The van der Waals surface area contributed by atoms with Gasteiger partial charge in [0.25, 0.3) is 0 Å². The van der Waals surface area contributed by atoms with Crippen LogP contribution in [0.2, 0.25) is 0 Å². The van der Waals surface area contributed by atoms with Crippen LogP contribution < -0.4 is 10.6 Å².